The van der Waals surface area contributed by atoms with E-state index in [0.717, 1.165) is 12.8 Å². The number of rotatable bonds is 3. The standard InChI is InChI=1S/C11H18O5S/c12-10(13)8-17(14)9-1-4-16-11(7-9)2-5-15-6-3-11/h9H,1-8H2,(H,12,13). The number of carboxylic acid groups (broad SMARTS) is 1. The third-order valence-electron chi connectivity index (χ3n) is 3.49. The molecule has 2 atom stereocenters. The van der Waals surface area contributed by atoms with Crippen LogP contribution in [0, 0.1) is 0 Å². The Labute approximate surface area is 103 Å². The van der Waals surface area contributed by atoms with E-state index in [9.17, 15) is 9.00 Å². The van der Waals surface area contributed by atoms with Gasteiger partial charge in [-0.25, -0.2) is 0 Å². The number of hydrogen-bond acceptors (Lipinski definition) is 4. The number of carboxylic acids is 1. The van der Waals surface area contributed by atoms with E-state index in [4.69, 9.17) is 14.6 Å². The van der Waals surface area contributed by atoms with Gasteiger partial charge in [0.2, 0.25) is 0 Å². The Kier molecular flexibility index (Phi) is 4.17. The van der Waals surface area contributed by atoms with E-state index < -0.39 is 16.8 Å². The first-order valence-electron chi connectivity index (χ1n) is 5.92. The van der Waals surface area contributed by atoms with E-state index in [1.807, 2.05) is 0 Å². The molecule has 17 heavy (non-hydrogen) atoms. The monoisotopic (exact) mass is 262 g/mol. The van der Waals surface area contributed by atoms with Gasteiger partial charge in [0.1, 0.15) is 5.75 Å². The molecule has 6 heteroatoms. The van der Waals surface area contributed by atoms with Crippen molar-refractivity contribution in [1.82, 2.24) is 0 Å². The van der Waals surface area contributed by atoms with Crippen molar-refractivity contribution in [3.63, 3.8) is 0 Å². The molecule has 2 aliphatic heterocycles. The Morgan fingerprint density at radius 1 is 1.35 bits per heavy atom. The van der Waals surface area contributed by atoms with Crippen LogP contribution in [0.3, 0.4) is 0 Å². The minimum atomic E-state index is -1.28. The van der Waals surface area contributed by atoms with Crippen LogP contribution in [0.1, 0.15) is 25.7 Å². The summed E-state index contributed by atoms with van der Waals surface area (Å²) in [6.45, 7) is 1.94. The number of ether oxygens (including phenoxy) is 2. The molecule has 0 saturated carbocycles. The fourth-order valence-corrected chi connectivity index (χ4v) is 3.87. The summed E-state index contributed by atoms with van der Waals surface area (Å²) in [4.78, 5) is 10.6. The average Bonchev–Trinajstić information content (AvgIpc) is 2.29. The van der Waals surface area contributed by atoms with E-state index in [1.54, 1.807) is 0 Å². The summed E-state index contributed by atoms with van der Waals surface area (Å²) in [7, 11) is -1.28. The maximum atomic E-state index is 11.9. The van der Waals surface area contributed by atoms with Crippen molar-refractivity contribution in [2.75, 3.05) is 25.6 Å². The molecule has 0 aromatic rings. The molecule has 1 spiro atoms. The van der Waals surface area contributed by atoms with Crippen molar-refractivity contribution in [2.45, 2.75) is 36.5 Å². The molecule has 0 radical (unpaired) electrons. The Morgan fingerprint density at radius 3 is 2.71 bits per heavy atom. The maximum absolute atomic E-state index is 11.9. The van der Waals surface area contributed by atoms with Crippen LogP contribution in [0.2, 0.25) is 0 Å². The lowest BCUT2D eigenvalue weighted by molar-refractivity contribution is -0.135. The second-order valence-corrected chi connectivity index (χ2v) is 6.39. The van der Waals surface area contributed by atoms with E-state index in [0.29, 0.717) is 32.7 Å². The highest BCUT2D eigenvalue weighted by Crippen LogP contribution is 2.35. The van der Waals surface area contributed by atoms with E-state index in [-0.39, 0.29) is 16.6 Å². The first-order chi connectivity index (χ1) is 8.11. The van der Waals surface area contributed by atoms with E-state index in [1.165, 1.54) is 0 Å². The van der Waals surface area contributed by atoms with Gasteiger partial charge in [-0.15, -0.1) is 0 Å². The lowest BCUT2D eigenvalue weighted by Gasteiger charge is -2.42. The van der Waals surface area contributed by atoms with Crippen LogP contribution in [0.25, 0.3) is 0 Å². The van der Waals surface area contributed by atoms with Crippen molar-refractivity contribution in [2.24, 2.45) is 0 Å². The highest BCUT2D eigenvalue weighted by molar-refractivity contribution is 7.86. The third-order valence-corrected chi connectivity index (χ3v) is 5.17. The zero-order valence-electron chi connectivity index (χ0n) is 9.72. The average molecular weight is 262 g/mol. The topological polar surface area (TPSA) is 72.8 Å². The van der Waals surface area contributed by atoms with Gasteiger partial charge in [-0.05, 0) is 25.7 Å². The summed E-state index contributed by atoms with van der Waals surface area (Å²) >= 11 is 0. The summed E-state index contributed by atoms with van der Waals surface area (Å²) in [5.74, 6) is -1.24. The van der Waals surface area contributed by atoms with Gasteiger partial charge in [-0.3, -0.25) is 9.00 Å². The lowest BCUT2D eigenvalue weighted by atomic mass is 9.86. The van der Waals surface area contributed by atoms with Crippen LogP contribution in [0.4, 0.5) is 0 Å². The Morgan fingerprint density at radius 2 is 2.06 bits per heavy atom. The molecule has 0 amide bonds. The number of carbonyl (C=O) groups is 1. The molecule has 5 nitrogen and oxygen atoms in total. The van der Waals surface area contributed by atoms with Gasteiger partial charge in [-0.1, -0.05) is 0 Å². The van der Waals surface area contributed by atoms with Crippen molar-refractivity contribution in [1.29, 1.82) is 0 Å². The normalized spacial score (nSPS) is 30.0. The van der Waals surface area contributed by atoms with Gasteiger partial charge >= 0.3 is 5.97 Å². The molecule has 2 unspecified atom stereocenters. The molecule has 2 aliphatic rings. The maximum Gasteiger partial charge on any atom is 0.316 e. The van der Waals surface area contributed by atoms with Gasteiger partial charge in [0, 0.05) is 35.9 Å². The van der Waals surface area contributed by atoms with Crippen LogP contribution >= 0.6 is 0 Å². The molecule has 0 aromatic heterocycles. The van der Waals surface area contributed by atoms with Gasteiger partial charge in [0.15, 0.2) is 0 Å². The van der Waals surface area contributed by atoms with Crippen LogP contribution in [-0.4, -0.2) is 51.7 Å². The van der Waals surface area contributed by atoms with Crippen LogP contribution in [0.15, 0.2) is 0 Å². The molecule has 0 aliphatic carbocycles. The third kappa shape index (κ3) is 3.26. The highest BCUT2D eigenvalue weighted by Gasteiger charge is 2.40. The SMILES string of the molecule is O=C(O)CS(=O)C1CCOC2(CCOCC2)C1. The molecule has 2 fully saturated rings. The fourth-order valence-electron chi connectivity index (χ4n) is 2.54. The molecule has 98 valence electrons. The zero-order valence-corrected chi connectivity index (χ0v) is 10.5. The molecule has 0 aromatic carbocycles. The highest BCUT2D eigenvalue weighted by atomic mass is 32.2. The molecule has 2 saturated heterocycles. The second-order valence-electron chi connectivity index (χ2n) is 4.68. The minimum Gasteiger partial charge on any atom is -0.481 e. The van der Waals surface area contributed by atoms with E-state index in [2.05, 4.69) is 0 Å². The van der Waals surface area contributed by atoms with Gasteiger partial charge in [0.25, 0.3) is 0 Å². The Bertz CT molecular complexity index is 305. The van der Waals surface area contributed by atoms with Crippen LogP contribution in [0.5, 0.6) is 0 Å². The predicted molar refractivity (Wildman–Crippen MR) is 62.4 cm³/mol. The molecule has 2 rings (SSSR count). The van der Waals surface area contributed by atoms with Gasteiger partial charge < -0.3 is 14.6 Å². The predicted octanol–water partition coefficient (Wildman–Crippen LogP) is 0.548. The fraction of sp³-hybridized carbons (Fsp3) is 0.909. The summed E-state index contributed by atoms with van der Waals surface area (Å²) in [6, 6.07) is 0. The second kappa shape index (κ2) is 5.46. The minimum absolute atomic E-state index is 0.0436. The van der Waals surface area contributed by atoms with Crippen LogP contribution in [-0.2, 0) is 25.1 Å². The van der Waals surface area contributed by atoms with Gasteiger partial charge in [0.05, 0.1) is 5.60 Å². The zero-order chi connectivity index (χ0) is 12.3. The summed E-state index contributed by atoms with van der Waals surface area (Å²) in [5.41, 5.74) is -0.213. The molecule has 1 N–H and O–H groups in total. The largest absolute Gasteiger partial charge is 0.481 e. The van der Waals surface area contributed by atoms with Crippen LogP contribution < -0.4 is 0 Å². The van der Waals surface area contributed by atoms with Crippen molar-refractivity contribution in [3.05, 3.63) is 0 Å². The molecule has 0 bridgehead atoms. The Balaban J connectivity index is 1.96. The molecule has 2 heterocycles. The Hall–Kier alpha value is -0.460. The number of hydrogen-bond donors (Lipinski definition) is 1. The summed E-state index contributed by atoms with van der Waals surface area (Å²) in [5, 5.41) is 8.63. The molecular formula is C11H18O5S. The summed E-state index contributed by atoms with van der Waals surface area (Å²) < 4.78 is 23.0. The lowest BCUT2D eigenvalue weighted by Crippen LogP contribution is -2.47. The molecular weight excluding hydrogens is 244 g/mol. The first-order valence-corrected chi connectivity index (χ1v) is 7.30. The van der Waals surface area contributed by atoms with Crippen molar-refractivity contribution >= 4 is 16.8 Å². The quantitative estimate of drug-likeness (QED) is 0.804. The van der Waals surface area contributed by atoms with E-state index >= 15 is 0 Å². The first kappa shape index (κ1) is 13.0. The van der Waals surface area contributed by atoms with Gasteiger partial charge in [-0.2, -0.15) is 0 Å². The smallest absolute Gasteiger partial charge is 0.316 e. The van der Waals surface area contributed by atoms with Crippen molar-refractivity contribution < 1.29 is 23.6 Å². The number of aliphatic carboxylic acids is 1. The van der Waals surface area contributed by atoms with Crippen molar-refractivity contribution in [3.8, 4) is 0 Å². The summed E-state index contributed by atoms with van der Waals surface area (Å²) in [6.07, 6.45) is 3.06.